The van der Waals surface area contributed by atoms with Crippen LogP contribution in [0.15, 0.2) is 24.8 Å². The SMILES string of the molecule is C=CC1CC(=C)CO1. The second-order valence-corrected chi connectivity index (χ2v) is 2.04. The fraction of sp³-hybridized carbons (Fsp3) is 0.429. The molecule has 0 aromatic heterocycles. The minimum Gasteiger partial charge on any atom is -0.370 e. The molecule has 1 heterocycles. The number of rotatable bonds is 1. The van der Waals surface area contributed by atoms with E-state index in [4.69, 9.17) is 4.74 Å². The van der Waals surface area contributed by atoms with Gasteiger partial charge in [0.2, 0.25) is 0 Å². The van der Waals surface area contributed by atoms with Gasteiger partial charge in [0.25, 0.3) is 0 Å². The van der Waals surface area contributed by atoms with Crippen molar-refractivity contribution in [2.45, 2.75) is 12.5 Å². The molecule has 0 aliphatic carbocycles. The van der Waals surface area contributed by atoms with Gasteiger partial charge in [-0.25, -0.2) is 0 Å². The molecule has 0 aromatic rings. The van der Waals surface area contributed by atoms with Crippen molar-refractivity contribution >= 4 is 0 Å². The van der Waals surface area contributed by atoms with Gasteiger partial charge >= 0.3 is 0 Å². The van der Waals surface area contributed by atoms with Crippen molar-refractivity contribution in [1.82, 2.24) is 0 Å². The summed E-state index contributed by atoms with van der Waals surface area (Å²) in [5.74, 6) is 0. The molecule has 8 heavy (non-hydrogen) atoms. The molecule has 0 amide bonds. The minimum absolute atomic E-state index is 0.238. The number of hydrogen-bond donors (Lipinski definition) is 0. The van der Waals surface area contributed by atoms with Gasteiger partial charge in [-0.15, -0.1) is 6.58 Å². The lowest BCUT2D eigenvalue weighted by Gasteiger charge is -1.96. The molecule has 0 spiro atoms. The largest absolute Gasteiger partial charge is 0.370 e. The molecule has 1 fully saturated rings. The smallest absolute Gasteiger partial charge is 0.0795 e. The molecule has 0 radical (unpaired) electrons. The molecule has 1 nitrogen and oxygen atoms in total. The van der Waals surface area contributed by atoms with Gasteiger partial charge in [-0.2, -0.15) is 0 Å². The van der Waals surface area contributed by atoms with Gasteiger partial charge in [0, 0.05) is 6.42 Å². The average Bonchev–Trinajstić information content (AvgIpc) is 2.14. The van der Waals surface area contributed by atoms with Crippen molar-refractivity contribution in [2.24, 2.45) is 0 Å². The van der Waals surface area contributed by atoms with Crippen LogP contribution in [0.25, 0.3) is 0 Å². The van der Waals surface area contributed by atoms with Crippen LogP contribution in [0.5, 0.6) is 0 Å². The van der Waals surface area contributed by atoms with E-state index in [9.17, 15) is 0 Å². The first kappa shape index (κ1) is 5.57. The Balaban J connectivity index is 2.43. The highest BCUT2D eigenvalue weighted by Crippen LogP contribution is 2.16. The monoisotopic (exact) mass is 110 g/mol. The molecule has 0 saturated carbocycles. The van der Waals surface area contributed by atoms with E-state index in [1.54, 1.807) is 0 Å². The van der Waals surface area contributed by atoms with Crippen LogP contribution < -0.4 is 0 Å². The summed E-state index contributed by atoms with van der Waals surface area (Å²) in [6.07, 6.45) is 3.02. The predicted octanol–water partition coefficient (Wildman–Crippen LogP) is 1.52. The van der Waals surface area contributed by atoms with Crippen molar-refractivity contribution in [2.75, 3.05) is 6.61 Å². The van der Waals surface area contributed by atoms with E-state index in [2.05, 4.69) is 13.2 Å². The third-order valence-electron chi connectivity index (χ3n) is 1.25. The molecule has 0 bridgehead atoms. The molecule has 0 N–H and O–H groups in total. The Morgan fingerprint density at radius 1 is 1.75 bits per heavy atom. The van der Waals surface area contributed by atoms with Gasteiger partial charge in [0.15, 0.2) is 0 Å². The Bertz CT molecular complexity index is 116. The maximum absolute atomic E-state index is 5.20. The Morgan fingerprint density at radius 2 is 2.50 bits per heavy atom. The lowest BCUT2D eigenvalue weighted by atomic mass is 10.2. The first-order chi connectivity index (χ1) is 3.83. The van der Waals surface area contributed by atoms with E-state index in [-0.39, 0.29) is 6.10 Å². The minimum atomic E-state index is 0.238. The maximum atomic E-state index is 5.20. The topological polar surface area (TPSA) is 9.23 Å². The van der Waals surface area contributed by atoms with Gasteiger partial charge < -0.3 is 4.74 Å². The van der Waals surface area contributed by atoms with Gasteiger partial charge in [-0.3, -0.25) is 0 Å². The van der Waals surface area contributed by atoms with Crippen LogP contribution in [0, 0.1) is 0 Å². The van der Waals surface area contributed by atoms with Crippen LogP contribution in [0.1, 0.15) is 6.42 Å². The third-order valence-corrected chi connectivity index (χ3v) is 1.25. The molecule has 0 aromatic carbocycles. The lowest BCUT2D eigenvalue weighted by molar-refractivity contribution is 0.150. The standard InChI is InChI=1S/C7H10O/c1-3-7-4-6(2)5-8-7/h3,7H,1-2,4-5H2. The van der Waals surface area contributed by atoms with Crippen molar-refractivity contribution in [3.63, 3.8) is 0 Å². The Morgan fingerprint density at radius 3 is 2.75 bits per heavy atom. The molecule has 1 heteroatoms. The summed E-state index contributed by atoms with van der Waals surface area (Å²) in [5.41, 5.74) is 1.18. The van der Waals surface area contributed by atoms with Crippen molar-refractivity contribution in [3.8, 4) is 0 Å². The van der Waals surface area contributed by atoms with Crippen LogP contribution >= 0.6 is 0 Å². The van der Waals surface area contributed by atoms with Gasteiger partial charge in [0.1, 0.15) is 0 Å². The maximum Gasteiger partial charge on any atom is 0.0795 e. The highest BCUT2D eigenvalue weighted by Gasteiger charge is 2.13. The molecular weight excluding hydrogens is 100 g/mol. The zero-order valence-electron chi connectivity index (χ0n) is 4.89. The molecular formula is C7H10O. The highest BCUT2D eigenvalue weighted by molar-refractivity contribution is 5.05. The summed E-state index contributed by atoms with van der Waals surface area (Å²) >= 11 is 0. The average molecular weight is 110 g/mol. The quantitative estimate of drug-likeness (QED) is 0.465. The van der Waals surface area contributed by atoms with E-state index < -0.39 is 0 Å². The van der Waals surface area contributed by atoms with Gasteiger partial charge in [0.05, 0.1) is 12.7 Å². The summed E-state index contributed by atoms with van der Waals surface area (Å²) < 4.78 is 5.20. The predicted molar refractivity (Wildman–Crippen MR) is 33.7 cm³/mol. The second-order valence-electron chi connectivity index (χ2n) is 2.04. The fourth-order valence-electron chi connectivity index (χ4n) is 0.779. The molecule has 1 unspecified atom stereocenters. The summed E-state index contributed by atoms with van der Waals surface area (Å²) in [4.78, 5) is 0. The van der Waals surface area contributed by atoms with Crippen LogP contribution in [0.4, 0.5) is 0 Å². The lowest BCUT2D eigenvalue weighted by Crippen LogP contribution is -1.96. The van der Waals surface area contributed by atoms with E-state index in [0.717, 1.165) is 13.0 Å². The fourth-order valence-corrected chi connectivity index (χ4v) is 0.779. The molecule has 1 atom stereocenters. The van der Waals surface area contributed by atoms with Crippen LogP contribution in [-0.2, 0) is 4.74 Å². The summed E-state index contributed by atoms with van der Waals surface area (Å²) in [5, 5.41) is 0. The zero-order valence-corrected chi connectivity index (χ0v) is 4.89. The number of hydrogen-bond acceptors (Lipinski definition) is 1. The van der Waals surface area contributed by atoms with Crippen LogP contribution in [-0.4, -0.2) is 12.7 Å². The van der Waals surface area contributed by atoms with Crippen molar-refractivity contribution in [3.05, 3.63) is 24.8 Å². The van der Waals surface area contributed by atoms with Crippen molar-refractivity contribution in [1.29, 1.82) is 0 Å². The van der Waals surface area contributed by atoms with Crippen molar-refractivity contribution < 1.29 is 4.74 Å². The van der Waals surface area contributed by atoms with E-state index in [1.807, 2.05) is 6.08 Å². The Labute approximate surface area is 49.7 Å². The normalized spacial score (nSPS) is 28.5. The van der Waals surface area contributed by atoms with Gasteiger partial charge in [-0.1, -0.05) is 12.7 Å². The van der Waals surface area contributed by atoms with Crippen LogP contribution in [0.3, 0.4) is 0 Å². The van der Waals surface area contributed by atoms with E-state index >= 15 is 0 Å². The first-order valence-electron chi connectivity index (χ1n) is 2.73. The zero-order chi connectivity index (χ0) is 5.98. The number of ether oxygens (including phenoxy) is 1. The first-order valence-corrected chi connectivity index (χ1v) is 2.73. The second kappa shape index (κ2) is 2.14. The molecule has 1 aliphatic rings. The Kier molecular flexibility index (Phi) is 1.49. The van der Waals surface area contributed by atoms with E-state index in [0.29, 0.717) is 0 Å². The molecule has 1 aliphatic heterocycles. The van der Waals surface area contributed by atoms with E-state index in [1.165, 1.54) is 5.57 Å². The van der Waals surface area contributed by atoms with Crippen LogP contribution in [0.2, 0.25) is 0 Å². The molecule has 1 rings (SSSR count). The highest BCUT2D eigenvalue weighted by atomic mass is 16.5. The summed E-state index contributed by atoms with van der Waals surface area (Å²) in [6, 6.07) is 0. The Hall–Kier alpha value is -0.560. The molecule has 1 saturated heterocycles. The molecule has 44 valence electrons. The summed E-state index contributed by atoms with van der Waals surface area (Å²) in [6.45, 7) is 8.11. The van der Waals surface area contributed by atoms with Gasteiger partial charge in [-0.05, 0) is 5.57 Å². The third kappa shape index (κ3) is 0.984. The summed E-state index contributed by atoms with van der Waals surface area (Å²) in [7, 11) is 0.